The topological polar surface area (TPSA) is 24.9 Å². The van der Waals surface area contributed by atoms with Gasteiger partial charge in [0.2, 0.25) is 0 Å². The Balaban J connectivity index is 0. The Kier molecular flexibility index (Phi) is 7.96. The molecule has 0 radical (unpaired) electrons. The molecule has 0 aromatic carbocycles. The minimum absolute atomic E-state index is 0. The van der Waals surface area contributed by atoms with Crippen molar-refractivity contribution in [2.75, 3.05) is 12.4 Å². The molecule has 1 aromatic rings. The first-order chi connectivity index (χ1) is 4.34. The third kappa shape index (κ3) is 3.65. The van der Waals surface area contributed by atoms with E-state index < -0.39 is 0 Å². The van der Waals surface area contributed by atoms with Gasteiger partial charge in [-0.2, -0.15) is 0 Å². The van der Waals surface area contributed by atoms with Crippen molar-refractivity contribution in [1.29, 1.82) is 0 Å². The van der Waals surface area contributed by atoms with E-state index in [-0.39, 0.29) is 24.8 Å². The molecule has 0 amide bonds. The normalized spacial score (nSPS) is 7.45. The average Bonchev–Trinajstić information content (AvgIpc) is 1.89. The molecular formula is C6H9Cl3N2. The number of hydrogen-bond donors (Lipinski definition) is 1. The number of halogens is 3. The Hall–Kier alpha value is -0.180. The number of aromatic nitrogens is 1. The summed E-state index contributed by atoms with van der Waals surface area (Å²) in [5, 5.41) is 3.50. The number of rotatable bonds is 1. The number of pyridine rings is 1. The van der Waals surface area contributed by atoms with Gasteiger partial charge in [0.05, 0.1) is 5.02 Å². The number of anilines is 1. The molecule has 0 aliphatic heterocycles. The Labute approximate surface area is 83.2 Å². The summed E-state index contributed by atoms with van der Waals surface area (Å²) < 4.78 is 0. The first kappa shape index (κ1) is 13.4. The van der Waals surface area contributed by atoms with E-state index in [4.69, 9.17) is 11.6 Å². The van der Waals surface area contributed by atoms with Crippen LogP contribution in [0.1, 0.15) is 0 Å². The molecule has 2 nitrogen and oxygen atoms in total. The van der Waals surface area contributed by atoms with Crippen molar-refractivity contribution in [2.45, 2.75) is 0 Å². The number of nitrogens with one attached hydrogen (secondary N) is 1. The van der Waals surface area contributed by atoms with Gasteiger partial charge in [-0.1, -0.05) is 11.6 Å². The summed E-state index contributed by atoms with van der Waals surface area (Å²) in [5.74, 6) is 0.721. The van der Waals surface area contributed by atoms with E-state index >= 15 is 0 Å². The highest BCUT2D eigenvalue weighted by atomic mass is 35.5. The van der Waals surface area contributed by atoms with E-state index in [1.54, 1.807) is 25.4 Å². The molecule has 0 aliphatic carbocycles. The lowest BCUT2D eigenvalue weighted by Gasteiger charge is -1.97. The van der Waals surface area contributed by atoms with E-state index in [1.165, 1.54) is 0 Å². The van der Waals surface area contributed by atoms with Gasteiger partial charge in [-0.3, -0.25) is 0 Å². The lowest BCUT2D eigenvalue weighted by atomic mass is 10.5. The SMILES string of the molecule is CNc1ncccc1Cl.Cl.Cl. The van der Waals surface area contributed by atoms with Crippen LogP contribution >= 0.6 is 36.4 Å². The molecule has 0 bridgehead atoms. The number of nitrogens with zero attached hydrogens (tertiary/aromatic N) is 1. The summed E-state index contributed by atoms with van der Waals surface area (Å²) in [6.45, 7) is 0. The van der Waals surface area contributed by atoms with E-state index in [2.05, 4.69) is 10.3 Å². The Bertz CT molecular complexity index is 205. The van der Waals surface area contributed by atoms with E-state index in [0.717, 1.165) is 5.82 Å². The van der Waals surface area contributed by atoms with Crippen molar-refractivity contribution in [2.24, 2.45) is 0 Å². The molecule has 5 heteroatoms. The average molecular weight is 216 g/mol. The summed E-state index contributed by atoms with van der Waals surface area (Å²) in [5.41, 5.74) is 0. The second-order valence-corrected chi connectivity index (χ2v) is 1.99. The Morgan fingerprint density at radius 2 is 2.09 bits per heavy atom. The van der Waals surface area contributed by atoms with Gasteiger partial charge < -0.3 is 5.32 Å². The molecule has 64 valence electrons. The van der Waals surface area contributed by atoms with Crippen LogP contribution in [-0.2, 0) is 0 Å². The Morgan fingerprint density at radius 3 is 2.45 bits per heavy atom. The maximum Gasteiger partial charge on any atom is 0.144 e. The fraction of sp³-hybridized carbons (Fsp3) is 0.167. The maximum absolute atomic E-state index is 5.70. The molecule has 1 rings (SSSR count). The predicted octanol–water partition coefficient (Wildman–Crippen LogP) is 2.62. The smallest absolute Gasteiger partial charge is 0.144 e. The summed E-state index contributed by atoms with van der Waals surface area (Å²) in [7, 11) is 1.79. The highest BCUT2D eigenvalue weighted by Crippen LogP contribution is 2.15. The zero-order chi connectivity index (χ0) is 6.69. The first-order valence-electron chi connectivity index (χ1n) is 2.63. The van der Waals surface area contributed by atoms with Crippen molar-refractivity contribution in [3.63, 3.8) is 0 Å². The first-order valence-corrected chi connectivity index (χ1v) is 3.00. The van der Waals surface area contributed by atoms with Crippen molar-refractivity contribution < 1.29 is 0 Å². The predicted molar refractivity (Wildman–Crippen MR) is 53.3 cm³/mol. The monoisotopic (exact) mass is 214 g/mol. The lowest BCUT2D eigenvalue weighted by molar-refractivity contribution is 1.29. The molecule has 0 saturated heterocycles. The van der Waals surface area contributed by atoms with E-state index in [9.17, 15) is 0 Å². The quantitative estimate of drug-likeness (QED) is 0.779. The van der Waals surface area contributed by atoms with Crippen molar-refractivity contribution in [3.8, 4) is 0 Å². The maximum atomic E-state index is 5.70. The van der Waals surface area contributed by atoms with Gasteiger partial charge >= 0.3 is 0 Å². The van der Waals surface area contributed by atoms with Gasteiger partial charge in [0.25, 0.3) is 0 Å². The molecule has 1 heterocycles. The van der Waals surface area contributed by atoms with Gasteiger partial charge in [-0.25, -0.2) is 4.98 Å². The highest BCUT2D eigenvalue weighted by Gasteiger charge is 1.93. The third-order valence-corrected chi connectivity index (χ3v) is 1.30. The molecule has 11 heavy (non-hydrogen) atoms. The van der Waals surface area contributed by atoms with Crippen LogP contribution in [-0.4, -0.2) is 12.0 Å². The molecule has 0 unspecified atom stereocenters. The zero-order valence-corrected chi connectivity index (χ0v) is 8.26. The van der Waals surface area contributed by atoms with Crippen molar-refractivity contribution >= 4 is 42.2 Å². The zero-order valence-electron chi connectivity index (χ0n) is 5.87. The summed E-state index contributed by atoms with van der Waals surface area (Å²) >= 11 is 5.70. The largest absolute Gasteiger partial charge is 0.372 e. The Morgan fingerprint density at radius 1 is 1.45 bits per heavy atom. The fourth-order valence-electron chi connectivity index (χ4n) is 0.570. The van der Waals surface area contributed by atoms with Crippen molar-refractivity contribution in [1.82, 2.24) is 4.98 Å². The third-order valence-electron chi connectivity index (χ3n) is 0.995. The van der Waals surface area contributed by atoms with Gasteiger partial charge in [0.15, 0.2) is 0 Å². The second-order valence-electron chi connectivity index (χ2n) is 1.58. The molecule has 0 fully saturated rings. The van der Waals surface area contributed by atoms with Crippen LogP contribution in [0.15, 0.2) is 18.3 Å². The fourth-order valence-corrected chi connectivity index (χ4v) is 0.786. The molecule has 0 aliphatic rings. The highest BCUT2D eigenvalue weighted by molar-refractivity contribution is 6.32. The molecule has 0 atom stereocenters. The van der Waals surface area contributed by atoms with Gasteiger partial charge in [-0.15, -0.1) is 24.8 Å². The van der Waals surface area contributed by atoms with Crippen LogP contribution in [0.4, 0.5) is 5.82 Å². The summed E-state index contributed by atoms with van der Waals surface area (Å²) in [4.78, 5) is 3.95. The summed E-state index contributed by atoms with van der Waals surface area (Å²) in [6, 6.07) is 3.59. The van der Waals surface area contributed by atoms with Gasteiger partial charge in [-0.05, 0) is 12.1 Å². The van der Waals surface area contributed by atoms with Gasteiger partial charge in [0, 0.05) is 13.2 Å². The van der Waals surface area contributed by atoms with Gasteiger partial charge in [0.1, 0.15) is 5.82 Å². The summed E-state index contributed by atoms with van der Waals surface area (Å²) in [6.07, 6.45) is 1.69. The van der Waals surface area contributed by atoms with Crippen LogP contribution in [0.25, 0.3) is 0 Å². The van der Waals surface area contributed by atoms with Crippen LogP contribution in [0, 0.1) is 0 Å². The van der Waals surface area contributed by atoms with Crippen LogP contribution in [0.3, 0.4) is 0 Å². The second kappa shape index (κ2) is 6.53. The van der Waals surface area contributed by atoms with Crippen molar-refractivity contribution in [3.05, 3.63) is 23.4 Å². The number of hydrogen-bond acceptors (Lipinski definition) is 2. The lowest BCUT2D eigenvalue weighted by Crippen LogP contribution is -1.90. The minimum Gasteiger partial charge on any atom is -0.372 e. The molecule has 1 aromatic heterocycles. The minimum atomic E-state index is 0. The molecule has 0 saturated carbocycles. The molecular weight excluding hydrogens is 206 g/mol. The van der Waals surface area contributed by atoms with Crippen LogP contribution in [0.2, 0.25) is 5.02 Å². The standard InChI is InChI=1S/C6H7ClN2.2ClH/c1-8-6-5(7)3-2-4-9-6;;/h2-4H,1H3,(H,8,9);2*1H. The van der Waals surface area contributed by atoms with Crippen LogP contribution in [0.5, 0.6) is 0 Å². The van der Waals surface area contributed by atoms with Crippen LogP contribution < -0.4 is 5.32 Å². The van der Waals surface area contributed by atoms with E-state index in [1.807, 2.05) is 0 Å². The molecule has 0 spiro atoms. The molecule has 1 N–H and O–H groups in total. The van der Waals surface area contributed by atoms with E-state index in [0.29, 0.717) is 5.02 Å².